The fourth-order valence-corrected chi connectivity index (χ4v) is 4.49. The summed E-state index contributed by atoms with van der Waals surface area (Å²) in [6.07, 6.45) is 3.54. The van der Waals surface area contributed by atoms with Crippen molar-refractivity contribution in [3.8, 4) is 17.0 Å². The van der Waals surface area contributed by atoms with Crippen LogP contribution in [0.15, 0.2) is 30.3 Å². The molecule has 1 aromatic carbocycles. The van der Waals surface area contributed by atoms with Gasteiger partial charge in [-0.2, -0.15) is 5.10 Å². The number of H-pyrrole nitrogens is 1. The number of aromatic amines is 1. The number of benzene rings is 1. The summed E-state index contributed by atoms with van der Waals surface area (Å²) >= 11 is 0. The SMILES string of the molecule is COc1ccccc1-c1cc(C2CCC(NS(=O)(=O)C(C)(C)C)CC2)[nH]n1. The molecule has 27 heavy (non-hydrogen) atoms. The van der Waals surface area contributed by atoms with E-state index in [0.717, 1.165) is 48.4 Å². The van der Waals surface area contributed by atoms with Crippen molar-refractivity contribution in [1.29, 1.82) is 0 Å². The molecule has 1 heterocycles. The van der Waals surface area contributed by atoms with Gasteiger partial charge in [-0.3, -0.25) is 5.10 Å². The lowest BCUT2D eigenvalue weighted by atomic mass is 9.84. The van der Waals surface area contributed by atoms with Gasteiger partial charge in [0.15, 0.2) is 0 Å². The molecule has 0 saturated heterocycles. The Morgan fingerprint density at radius 1 is 1.15 bits per heavy atom. The monoisotopic (exact) mass is 391 g/mol. The van der Waals surface area contributed by atoms with Gasteiger partial charge in [0.05, 0.1) is 17.6 Å². The minimum Gasteiger partial charge on any atom is -0.496 e. The average Bonchev–Trinajstić information content (AvgIpc) is 3.11. The second-order valence-electron chi connectivity index (χ2n) is 8.19. The van der Waals surface area contributed by atoms with Gasteiger partial charge < -0.3 is 4.74 Å². The van der Waals surface area contributed by atoms with Crippen molar-refractivity contribution >= 4 is 10.0 Å². The Kier molecular flexibility index (Phi) is 5.63. The van der Waals surface area contributed by atoms with Gasteiger partial charge in [-0.25, -0.2) is 13.1 Å². The summed E-state index contributed by atoms with van der Waals surface area (Å²) in [4.78, 5) is 0. The summed E-state index contributed by atoms with van der Waals surface area (Å²) < 4.78 is 32.2. The summed E-state index contributed by atoms with van der Waals surface area (Å²) in [6.45, 7) is 5.18. The van der Waals surface area contributed by atoms with E-state index in [-0.39, 0.29) is 6.04 Å². The highest BCUT2D eigenvalue weighted by atomic mass is 32.2. The predicted molar refractivity (Wildman–Crippen MR) is 107 cm³/mol. The first-order chi connectivity index (χ1) is 12.7. The first-order valence-electron chi connectivity index (χ1n) is 9.42. The van der Waals surface area contributed by atoms with Gasteiger partial charge >= 0.3 is 0 Å². The molecular weight excluding hydrogens is 362 g/mol. The van der Waals surface area contributed by atoms with Gasteiger partial charge in [-0.15, -0.1) is 0 Å². The number of rotatable bonds is 5. The fraction of sp³-hybridized carbons (Fsp3) is 0.550. The maximum absolute atomic E-state index is 12.4. The molecule has 3 rings (SSSR count). The van der Waals surface area contributed by atoms with Crippen molar-refractivity contribution in [2.45, 2.75) is 63.2 Å². The van der Waals surface area contributed by atoms with E-state index in [2.05, 4.69) is 21.0 Å². The lowest BCUT2D eigenvalue weighted by molar-refractivity contribution is 0.367. The van der Waals surface area contributed by atoms with Crippen LogP contribution in [0.25, 0.3) is 11.3 Å². The molecule has 0 aliphatic heterocycles. The van der Waals surface area contributed by atoms with Crippen molar-refractivity contribution in [1.82, 2.24) is 14.9 Å². The zero-order valence-electron chi connectivity index (χ0n) is 16.5. The number of methoxy groups -OCH3 is 1. The largest absolute Gasteiger partial charge is 0.496 e. The van der Waals surface area contributed by atoms with Crippen LogP contribution in [-0.4, -0.2) is 36.5 Å². The fourth-order valence-electron chi connectivity index (χ4n) is 3.46. The Hall–Kier alpha value is -1.86. The van der Waals surface area contributed by atoms with E-state index in [4.69, 9.17) is 4.74 Å². The molecule has 1 aliphatic rings. The molecule has 1 aliphatic carbocycles. The number of nitrogens with zero attached hydrogens (tertiary/aromatic N) is 1. The van der Waals surface area contributed by atoms with Crippen LogP contribution in [0.3, 0.4) is 0 Å². The third-order valence-electron chi connectivity index (χ3n) is 5.28. The van der Waals surface area contributed by atoms with Gasteiger partial charge in [0, 0.05) is 23.2 Å². The Labute approximate surface area is 161 Å². The lowest BCUT2D eigenvalue weighted by Gasteiger charge is -2.30. The van der Waals surface area contributed by atoms with E-state index < -0.39 is 14.8 Å². The highest BCUT2D eigenvalue weighted by molar-refractivity contribution is 7.90. The Balaban J connectivity index is 1.65. The molecule has 0 bridgehead atoms. The van der Waals surface area contributed by atoms with Gasteiger partial charge in [-0.05, 0) is 64.7 Å². The number of hydrogen-bond acceptors (Lipinski definition) is 4. The maximum atomic E-state index is 12.4. The highest BCUT2D eigenvalue weighted by Gasteiger charge is 2.33. The Morgan fingerprint density at radius 2 is 1.81 bits per heavy atom. The zero-order valence-corrected chi connectivity index (χ0v) is 17.3. The molecule has 1 aromatic heterocycles. The van der Waals surface area contributed by atoms with Crippen LogP contribution >= 0.6 is 0 Å². The Morgan fingerprint density at radius 3 is 2.44 bits per heavy atom. The van der Waals surface area contributed by atoms with Crippen LogP contribution in [-0.2, 0) is 10.0 Å². The number of ether oxygens (including phenoxy) is 1. The third-order valence-corrected chi connectivity index (χ3v) is 7.53. The van der Waals surface area contributed by atoms with Crippen molar-refractivity contribution in [2.24, 2.45) is 0 Å². The lowest BCUT2D eigenvalue weighted by Crippen LogP contribution is -2.45. The van der Waals surface area contributed by atoms with Gasteiger partial charge in [0.1, 0.15) is 5.75 Å². The maximum Gasteiger partial charge on any atom is 0.216 e. The summed E-state index contributed by atoms with van der Waals surface area (Å²) in [5.41, 5.74) is 2.94. The van der Waals surface area contributed by atoms with E-state index >= 15 is 0 Å². The third kappa shape index (κ3) is 4.35. The van der Waals surface area contributed by atoms with E-state index in [9.17, 15) is 8.42 Å². The first-order valence-corrected chi connectivity index (χ1v) is 10.9. The summed E-state index contributed by atoms with van der Waals surface area (Å²) in [6, 6.07) is 9.94. The topological polar surface area (TPSA) is 84.1 Å². The van der Waals surface area contributed by atoms with Crippen molar-refractivity contribution < 1.29 is 13.2 Å². The second-order valence-corrected chi connectivity index (χ2v) is 10.7. The minimum atomic E-state index is -3.30. The Bertz CT molecular complexity index is 876. The number of aromatic nitrogens is 2. The number of para-hydroxylation sites is 1. The normalized spacial score (nSPS) is 21.2. The van der Waals surface area contributed by atoms with Crippen molar-refractivity contribution in [2.75, 3.05) is 7.11 Å². The van der Waals surface area contributed by atoms with Crippen LogP contribution in [0.1, 0.15) is 58.1 Å². The van der Waals surface area contributed by atoms with E-state index in [1.807, 2.05) is 24.3 Å². The molecule has 1 fully saturated rings. The molecule has 0 radical (unpaired) electrons. The predicted octanol–water partition coefficient (Wildman–Crippen LogP) is 3.83. The molecule has 2 N–H and O–H groups in total. The van der Waals surface area contributed by atoms with Crippen molar-refractivity contribution in [3.05, 3.63) is 36.0 Å². The van der Waals surface area contributed by atoms with Crippen LogP contribution in [0.4, 0.5) is 0 Å². The molecule has 0 amide bonds. The van der Waals surface area contributed by atoms with Gasteiger partial charge in [0.2, 0.25) is 10.0 Å². The first kappa shape index (κ1) is 19.9. The molecule has 7 heteroatoms. The van der Waals surface area contributed by atoms with E-state index in [1.54, 1.807) is 27.9 Å². The highest BCUT2D eigenvalue weighted by Crippen LogP contribution is 2.35. The number of nitrogens with one attached hydrogen (secondary N) is 2. The van der Waals surface area contributed by atoms with Crippen LogP contribution < -0.4 is 9.46 Å². The van der Waals surface area contributed by atoms with Gasteiger partial charge in [-0.1, -0.05) is 12.1 Å². The second kappa shape index (κ2) is 7.64. The average molecular weight is 392 g/mol. The van der Waals surface area contributed by atoms with Crippen LogP contribution in [0.5, 0.6) is 5.75 Å². The zero-order chi connectivity index (χ0) is 19.7. The van der Waals surface area contributed by atoms with Crippen molar-refractivity contribution in [3.63, 3.8) is 0 Å². The molecule has 2 aromatic rings. The number of hydrogen-bond donors (Lipinski definition) is 2. The molecule has 1 saturated carbocycles. The standard InChI is InChI=1S/C20H29N3O3S/c1-20(2,3)27(24,25)23-15-11-9-14(10-12-15)17-13-18(22-21-17)16-7-5-6-8-19(16)26-4/h5-8,13-15,23H,9-12H2,1-4H3,(H,21,22). The molecule has 0 spiro atoms. The molecular formula is C20H29N3O3S. The molecule has 148 valence electrons. The summed E-state index contributed by atoms with van der Waals surface area (Å²) in [7, 11) is -1.64. The molecule has 0 atom stereocenters. The summed E-state index contributed by atoms with van der Waals surface area (Å²) in [5.74, 6) is 1.17. The summed E-state index contributed by atoms with van der Waals surface area (Å²) in [5, 5.41) is 7.63. The molecule has 0 unspecified atom stereocenters. The molecule has 6 nitrogen and oxygen atoms in total. The minimum absolute atomic E-state index is 0.0158. The van der Waals surface area contributed by atoms with E-state index in [0.29, 0.717) is 5.92 Å². The quantitative estimate of drug-likeness (QED) is 0.811. The van der Waals surface area contributed by atoms with E-state index in [1.165, 1.54) is 0 Å². The van der Waals surface area contributed by atoms with Crippen LogP contribution in [0.2, 0.25) is 0 Å². The smallest absolute Gasteiger partial charge is 0.216 e. The number of sulfonamides is 1. The van der Waals surface area contributed by atoms with Crippen LogP contribution in [0, 0.1) is 0 Å². The van der Waals surface area contributed by atoms with Gasteiger partial charge in [0.25, 0.3) is 0 Å².